The van der Waals surface area contributed by atoms with Crippen LogP contribution >= 0.6 is 0 Å². The minimum absolute atomic E-state index is 0.0888. The summed E-state index contributed by atoms with van der Waals surface area (Å²) < 4.78 is 107. The van der Waals surface area contributed by atoms with Gasteiger partial charge in [-0.3, -0.25) is 0 Å². The van der Waals surface area contributed by atoms with Crippen molar-refractivity contribution >= 4 is 16.0 Å². The number of hydrogen-bond acceptors (Lipinski definition) is 4. The molecule has 12 heteroatoms. The van der Waals surface area contributed by atoms with Gasteiger partial charge in [0.2, 0.25) is 10.0 Å². The van der Waals surface area contributed by atoms with Crippen LogP contribution < -0.4 is 0 Å². The van der Waals surface area contributed by atoms with Crippen molar-refractivity contribution in [2.75, 3.05) is 21.2 Å². The maximum absolute atomic E-state index is 13.9. The quantitative estimate of drug-likeness (QED) is 0.596. The summed E-state index contributed by atoms with van der Waals surface area (Å²) in [5, 5.41) is 0. The summed E-state index contributed by atoms with van der Waals surface area (Å²) in [4.78, 5) is 10.3. The van der Waals surface area contributed by atoms with E-state index in [4.69, 9.17) is 0 Å². The lowest BCUT2D eigenvalue weighted by atomic mass is 10.0. The van der Waals surface area contributed by atoms with Crippen molar-refractivity contribution in [2.24, 2.45) is 0 Å². The normalized spacial score (nSPS) is 13.2. The van der Waals surface area contributed by atoms with Gasteiger partial charge in [0, 0.05) is 19.7 Å². The van der Waals surface area contributed by atoms with E-state index in [1.807, 2.05) is 0 Å². The Bertz CT molecular complexity index is 758. The van der Waals surface area contributed by atoms with Gasteiger partial charge in [-0.1, -0.05) is 0 Å². The molecule has 0 aliphatic rings. The molecule has 136 valence electrons. The highest BCUT2D eigenvalue weighted by molar-refractivity contribution is 7.89. The van der Waals surface area contributed by atoms with Crippen LogP contribution in [0.5, 0.6) is 0 Å². The molecule has 0 N–H and O–H groups in total. The van der Waals surface area contributed by atoms with Crippen molar-refractivity contribution in [3.8, 4) is 0 Å². The first-order valence-corrected chi connectivity index (χ1v) is 7.41. The van der Waals surface area contributed by atoms with Gasteiger partial charge in [-0.15, -0.1) is 0 Å². The average Bonchev–Trinajstić information content (AvgIpc) is 2.44. The number of carbonyl (C=O) groups is 1. The summed E-state index contributed by atoms with van der Waals surface area (Å²) in [6.07, 6.45) is -6.13. The first-order chi connectivity index (χ1) is 10.7. The number of carbonyl (C=O) groups excluding carboxylic acids is 1. The van der Waals surface area contributed by atoms with Gasteiger partial charge < -0.3 is 4.74 Å². The van der Waals surface area contributed by atoms with E-state index >= 15 is 0 Å². The van der Waals surface area contributed by atoms with Gasteiger partial charge in [0.05, 0.1) is 12.7 Å². The predicted molar refractivity (Wildman–Crippen MR) is 68.6 cm³/mol. The van der Waals surface area contributed by atoms with Gasteiger partial charge in [0.25, 0.3) is 0 Å². The van der Waals surface area contributed by atoms with Crippen molar-refractivity contribution in [3.05, 3.63) is 29.1 Å². The Morgan fingerprint density at radius 2 is 1.62 bits per heavy atom. The summed E-state index contributed by atoms with van der Waals surface area (Å²) in [5.74, 6) is -9.14. The standard InChI is InChI=1S/C12H11F6NO4S/c1-19(2)24(21,22)9-4-6(10(20)23-3)7(5-8(9)13)11(14,15)12(16,17)18/h4-5H,1-3H3. The number of rotatable bonds is 4. The van der Waals surface area contributed by atoms with E-state index < -0.39 is 49.9 Å². The number of methoxy groups -OCH3 is 1. The van der Waals surface area contributed by atoms with Crippen LogP contribution in [0.15, 0.2) is 17.0 Å². The van der Waals surface area contributed by atoms with Crippen LogP contribution in [0.3, 0.4) is 0 Å². The Kier molecular flexibility index (Phi) is 5.26. The fourth-order valence-electron chi connectivity index (χ4n) is 1.64. The Morgan fingerprint density at radius 1 is 1.12 bits per heavy atom. The number of esters is 1. The summed E-state index contributed by atoms with van der Waals surface area (Å²) in [5.41, 5.74) is -3.46. The second-order valence-electron chi connectivity index (χ2n) is 4.68. The molecule has 0 aliphatic carbocycles. The second-order valence-corrected chi connectivity index (χ2v) is 6.80. The van der Waals surface area contributed by atoms with E-state index in [1.54, 1.807) is 0 Å². The van der Waals surface area contributed by atoms with Crippen LogP contribution in [0.1, 0.15) is 15.9 Å². The molecule has 5 nitrogen and oxygen atoms in total. The monoisotopic (exact) mass is 379 g/mol. The fraction of sp³-hybridized carbons (Fsp3) is 0.417. The third-order valence-corrected chi connectivity index (χ3v) is 4.76. The molecule has 0 saturated carbocycles. The number of ether oxygens (including phenoxy) is 1. The molecule has 0 spiro atoms. The zero-order valence-electron chi connectivity index (χ0n) is 12.4. The summed E-state index contributed by atoms with van der Waals surface area (Å²) in [6, 6.07) is -0.248. The molecule has 0 atom stereocenters. The highest BCUT2D eigenvalue weighted by Crippen LogP contribution is 2.46. The van der Waals surface area contributed by atoms with Crippen LogP contribution in [0.4, 0.5) is 26.3 Å². The van der Waals surface area contributed by atoms with Crippen LogP contribution in [-0.2, 0) is 20.7 Å². The van der Waals surface area contributed by atoms with Gasteiger partial charge in [-0.2, -0.15) is 22.0 Å². The van der Waals surface area contributed by atoms with Crippen molar-refractivity contribution < 1.29 is 44.3 Å². The highest BCUT2D eigenvalue weighted by atomic mass is 32.2. The van der Waals surface area contributed by atoms with Gasteiger partial charge in [-0.05, 0) is 12.1 Å². The van der Waals surface area contributed by atoms with Crippen molar-refractivity contribution in [2.45, 2.75) is 17.0 Å². The molecule has 0 bridgehead atoms. The Hall–Kier alpha value is -1.82. The molecule has 24 heavy (non-hydrogen) atoms. The molecule has 1 aromatic rings. The molecular weight excluding hydrogens is 368 g/mol. The molecule has 0 unspecified atom stereocenters. The van der Waals surface area contributed by atoms with Crippen molar-refractivity contribution in [3.63, 3.8) is 0 Å². The van der Waals surface area contributed by atoms with E-state index in [2.05, 4.69) is 4.74 Å². The minimum Gasteiger partial charge on any atom is -0.465 e. The average molecular weight is 379 g/mol. The predicted octanol–water partition coefficient (Wildman–Crippen LogP) is 2.52. The number of benzene rings is 1. The fourth-order valence-corrected chi connectivity index (χ4v) is 2.60. The molecule has 0 aliphatic heterocycles. The topological polar surface area (TPSA) is 63.7 Å². The van der Waals surface area contributed by atoms with Crippen molar-refractivity contribution in [1.82, 2.24) is 4.31 Å². The molecule has 1 aromatic carbocycles. The van der Waals surface area contributed by atoms with Crippen LogP contribution in [0, 0.1) is 5.82 Å². The SMILES string of the molecule is COC(=O)c1cc(S(=O)(=O)N(C)C)c(F)cc1C(F)(F)C(F)(F)F. The smallest absolute Gasteiger partial charge is 0.458 e. The van der Waals surface area contributed by atoms with Gasteiger partial charge in [0.15, 0.2) is 0 Å². The van der Waals surface area contributed by atoms with Gasteiger partial charge >= 0.3 is 18.1 Å². The lowest BCUT2D eigenvalue weighted by Crippen LogP contribution is -2.36. The molecule has 0 fully saturated rings. The molecule has 0 heterocycles. The van der Waals surface area contributed by atoms with Crippen LogP contribution in [0.2, 0.25) is 0 Å². The Balaban J connectivity index is 3.84. The number of sulfonamides is 1. The van der Waals surface area contributed by atoms with E-state index in [1.165, 1.54) is 0 Å². The lowest BCUT2D eigenvalue weighted by Gasteiger charge is -2.23. The Morgan fingerprint density at radius 3 is 2.00 bits per heavy atom. The van der Waals surface area contributed by atoms with Crippen LogP contribution in [-0.4, -0.2) is 46.1 Å². The number of nitrogens with zero attached hydrogens (tertiary/aromatic N) is 1. The number of hydrogen-bond donors (Lipinski definition) is 0. The van der Waals surface area contributed by atoms with Gasteiger partial charge in [0.1, 0.15) is 10.7 Å². The minimum atomic E-state index is -6.13. The maximum Gasteiger partial charge on any atom is 0.458 e. The Labute approximate surface area is 132 Å². The molecule has 0 radical (unpaired) electrons. The van der Waals surface area contributed by atoms with E-state index in [0.717, 1.165) is 14.1 Å². The first kappa shape index (κ1) is 20.2. The first-order valence-electron chi connectivity index (χ1n) is 5.97. The van der Waals surface area contributed by atoms with E-state index in [9.17, 15) is 39.6 Å². The van der Waals surface area contributed by atoms with Crippen molar-refractivity contribution in [1.29, 1.82) is 0 Å². The number of alkyl halides is 5. The molecule has 1 rings (SSSR count). The highest BCUT2D eigenvalue weighted by Gasteiger charge is 2.60. The summed E-state index contributed by atoms with van der Waals surface area (Å²) in [6.45, 7) is 0. The molecule has 0 aromatic heterocycles. The van der Waals surface area contributed by atoms with E-state index in [-0.39, 0.29) is 12.1 Å². The van der Waals surface area contributed by atoms with Crippen LogP contribution in [0.25, 0.3) is 0 Å². The second kappa shape index (κ2) is 6.24. The third-order valence-electron chi connectivity index (χ3n) is 2.93. The maximum atomic E-state index is 13.9. The zero-order chi connectivity index (χ0) is 19.1. The molecule has 0 amide bonds. The summed E-state index contributed by atoms with van der Waals surface area (Å²) in [7, 11) is -1.91. The number of halogens is 6. The zero-order valence-corrected chi connectivity index (χ0v) is 13.2. The summed E-state index contributed by atoms with van der Waals surface area (Å²) >= 11 is 0. The molecule has 0 saturated heterocycles. The third kappa shape index (κ3) is 3.34. The largest absolute Gasteiger partial charge is 0.465 e. The van der Waals surface area contributed by atoms with Gasteiger partial charge in [-0.25, -0.2) is 21.9 Å². The molecular formula is C12H11F6NO4S. The lowest BCUT2D eigenvalue weighted by molar-refractivity contribution is -0.289. The van der Waals surface area contributed by atoms with E-state index in [0.29, 0.717) is 11.4 Å².